The number of Topliss-reactive ketones (excluding diaryl/α,β-unsaturated/α-hetero) is 1. The maximum atomic E-state index is 12.6. The molecule has 0 unspecified atom stereocenters. The number of unbranched alkanes of at least 4 members (excludes halogenated alkanes) is 1. The number of hydrogen-bond donors (Lipinski definition) is 1. The first-order valence-electron chi connectivity index (χ1n) is 10.8. The van der Waals surface area contributed by atoms with E-state index in [0.29, 0.717) is 24.2 Å². The van der Waals surface area contributed by atoms with Crippen LogP contribution in [0.5, 0.6) is 0 Å². The normalized spacial score (nSPS) is 12.7. The second-order valence-electron chi connectivity index (χ2n) is 7.72. The molecule has 0 saturated heterocycles. The summed E-state index contributed by atoms with van der Waals surface area (Å²) in [6.07, 6.45) is 1.53. The SMILES string of the molecule is CCCCN1C(=O)c2ccc(C(=O)OCC(=O)c3[nH]c(C)c(C(=O)OCC)c3C)cc2C1=O. The van der Waals surface area contributed by atoms with E-state index < -0.39 is 30.2 Å². The molecule has 0 atom stereocenters. The fourth-order valence-corrected chi connectivity index (χ4v) is 3.76. The van der Waals surface area contributed by atoms with Gasteiger partial charge < -0.3 is 14.5 Å². The second-order valence-corrected chi connectivity index (χ2v) is 7.72. The quantitative estimate of drug-likeness (QED) is 0.350. The molecule has 33 heavy (non-hydrogen) atoms. The van der Waals surface area contributed by atoms with Gasteiger partial charge in [0.2, 0.25) is 5.78 Å². The van der Waals surface area contributed by atoms with Crippen molar-refractivity contribution < 1.29 is 33.4 Å². The first-order valence-corrected chi connectivity index (χ1v) is 10.8. The van der Waals surface area contributed by atoms with Gasteiger partial charge in [-0.05, 0) is 51.0 Å². The van der Waals surface area contributed by atoms with Gasteiger partial charge in [0.25, 0.3) is 11.8 Å². The zero-order chi connectivity index (χ0) is 24.3. The monoisotopic (exact) mass is 454 g/mol. The third-order valence-corrected chi connectivity index (χ3v) is 5.47. The molecule has 1 aliphatic heterocycles. The molecule has 1 aromatic heterocycles. The first kappa shape index (κ1) is 23.9. The average molecular weight is 454 g/mol. The molecule has 1 aromatic carbocycles. The smallest absolute Gasteiger partial charge is 0.340 e. The summed E-state index contributed by atoms with van der Waals surface area (Å²) in [5, 5.41) is 0. The van der Waals surface area contributed by atoms with Crippen LogP contribution in [0.4, 0.5) is 0 Å². The number of amides is 2. The van der Waals surface area contributed by atoms with Crippen molar-refractivity contribution in [3.05, 3.63) is 57.4 Å². The molecule has 0 bridgehead atoms. The number of H-pyrrole nitrogens is 1. The van der Waals surface area contributed by atoms with Crippen LogP contribution in [-0.4, -0.2) is 59.2 Å². The fraction of sp³-hybridized carbons (Fsp3) is 0.375. The summed E-state index contributed by atoms with van der Waals surface area (Å²) in [6.45, 7) is 6.86. The van der Waals surface area contributed by atoms with Gasteiger partial charge in [-0.15, -0.1) is 0 Å². The van der Waals surface area contributed by atoms with Crippen LogP contribution in [0, 0.1) is 13.8 Å². The second kappa shape index (κ2) is 9.81. The Bertz CT molecular complexity index is 1150. The number of esters is 2. The van der Waals surface area contributed by atoms with Crippen molar-refractivity contribution in [3.8, 4) is 0 Å². The van der Waals surface area contributed by atoms with Crippen LogP contribution in [-0.2, 0) is 9.47 Å². The van der Waals surface area contributed by atoms with Gasteiger partial charge in [0, 0.05) is 12.2 Å². The summed E-state index contributed by atoms with van der Waals surface area (Å²) < 4.78 is 10.1. The Morgan fingerprint density at radius 2 is 1.67 bits per heavy atom. The predicted octanol–water partition coefficient (Wildman–Crippen LogP) is 3.24. The summed E-state index contributed by atoms with van der Waals surface area (Å²) >= 11 is 0. The average Bonchev–Trinajstić information content (AvgIpc) is 3.22. The molecule has 0 saturated carbocycles. The Morgan fingerprint density at radius 3 is 2.33 bits per heavy atom. The molecule has 9 nitrogen and oxygen atoms in total. The number of nitrogens with one attached hydrogen (secondary N) is 1. The minimum absolute atomic E-state index is 0.0617. The van der Waals surface area contributed by atoms with E-state index in [2.05, 4.69) is 4.98 Å². The molecule has 1 aliphatic rings. The van der Waals surface area contributed by atoms with E-state index in [-0.39, 0.29) is 40.5 Å². The van der Waals surface area contributed by atoms with E-state index in [1.165, 1.54) is 23.1 Å². The Labute approximate surface area is 191 Å². The highest BCUT2D eigenvalue weighted by Crippen LogP contribution is 2.25. The van der Waals surface area contributed by atoms with Crippen LogP contribution >= 0.6 is 0 Å². The summed E-state index contributed by atoms with van der Waals surface area (Å²) in [4.78, 5) is 66.2. The molecule has 0 fully saturated rings. The Hall–Kier alpha value is -3.75. The Balaban J connectivity index is 1.71. The molecule has 1 N–H and O–H groups in total. The number of ether oxygens (including phenoxy) is 2. The largest absolute Gasteiger partial charge is 0.462 e. The minimum atomic E-state index is -0.801. The number of hydrogen-bond acceptors (Lipinski definition) is 7. The third kappa shape index (κ3) is 4.57. The third-order valence-electron chi connectivity index (χ3n) is 5.47. The van der Waals surface area contributed by atoms with Crippen LogP contribution in [0.1, 0.15) is 89.9 Å². The van der Waals surface area contributed by atoms with Gasteiger partial charge in [-0.25, -0.2) is 9.59 Å². The van der Waals surface area contributed by atoms with Crippen LogP contribution in [0.15, 0.2) is 18.2 Å². The summed E-state index contributed by atoms with van der Waals surface area (Å²) in [5.41, 5.74) is 1.78. The maximum absolute atomic E-state index is 12.6. The van der Waals surface area contributed by atoms with E-state index in [0.717, 1.165) is 6.42 Å². The van der Waals surface area contributed by atoms with Crippen LogP contribution in [0.3, 0.4) is 0 Å². The number of benzene rings is 1. The predicted molar refractivity (Wildman–Crippen MR) is 118 cm³/mol. The number of carbonyl (C=O) groups is 5. The highest BCUT2D eigenvalue weighted by molar-refractivity contribution is 6.22. The lowest BCUT2D eigenvalue weighted by Gasteiger charge is -2.12. The summed E-state index contributed by atoms with van der Waals surface area (Å²) in [5.74, 6) is -2.68. The molecule has 2 heterocycles. The molecular weight excluding hydrogens is 428 g/mol. The fourth-order valence-electron chi connectivity index (χ4n) is 3.76. The Morgan fingerprint density at radius 1 is 0.970 bits per heavy atom. The number of nitrogens with zero attached hydrogens (tertiary/aromatic N) is 1. The highest BCUT2D eigenvalue weighted by atomic mass is 16.5. The van der Waals surface area contributed by atoms with Gasteiger partial charge in [0.05, 0.1) is 34.6 Å². The van der Waals surface area contributed by atoms with Crippen molar-refractivity contribution in [1.29, 1.82) is 0 Å². The molecule has 9 heteroatoms. The van der Waals surface area contributed by atoms with Gasteiger partial charge in [-0.2, -0.15) is 0 Å². The van der Waals surface area contributed by atoms with Gasteiger partial charge >= 0.3 is 11.9 Å². The number of fused-ring (bicyclic) bond motifs is 1. The number of imide groups is 1. The van der Waals surface area contributed by atoms with Crippen molar-refractivity contribution in [2.75, 3.05) is 19.8 Å². The van der Waals surface area contributed by atoms with E-state index in [9.17, 15) is 24.0 Å². The van der Waals surface area contributed by atoms with Crippen LogP contribution < -0.4 is 0 Å². The highest BCUT2D eigenvalue weighted by Gasteiger charge is 2.35. The number of rotatable bonds is 9. The number of carbonyl (C=O) groups excluding carboxylic acids is 5. The topological polar surface area (TPSA) is 123 Å². The molecule has 2 aromatic rings. The lowest BCUT2D eigenvalue weighted by Crippen LogP contribution is -2.30. The van der Waals surface area contributed by atoms with Crippen LogP contribution in [0.2, 0.25) is 0 Å². The van der Waals surface area contributed by atoms with Crippen molar-refractivity contribution in [1.82, 2.24) is 9.88 Å². The van der Waals surface area contributed by atoms with E-state index in [4.69, 9.17) is 9.47 Å². The zero-order valence-corrected chi connectivity index (χ0v) is 19.1. The molecular formula is C24H26N2O7. The van der Waals surface area contributed by atoms with E-state index >= 15 is 0 Å². The number of aryl methyl sites for hydroxylation is 1. The number of aromatic nitrogens is 1. The lowest BCUT2D eigenvalue weighted by molar-refractivity contribution is 0.0472. The van der Waals surface area contributed by atoms with E-state index in [1.54, 1.807) is 20.8 Å². The van der Waals surface area contributed by atoms with Gasteiger partial charge in [-0.1, -0.05) is 13.3 Å². The number of aromatic amines is 1. The Kier molecular flexibility index (Phi) is 7.10. The maximum Gasteiger partial charge on any atom is 0.340 e. The lowest BCUT2D eigenvalue weighted by atomic mass is 10.1. The van der Waals surface area contributed by atoms with Crippen molar-refractivity contribution in [3.63, 3.8) is 0 Å². The van der Waals surface area contributed by atoms with Crippen molar-refractivity contribution in [2.45, 2.75) is 40.5 Å². The van der Waals surface area contributed by atoms with Crippen molar-refractivity contribution >= 4 is 29.5 Å². The molecule has 0 spiro atoms. The standard InChI is InChI=1S/C24H26N2O7/c1-5-7-10-26-21(28)16-9-8-15(11-17(16)22(26)29)23(30)33-12-18(27)20-13(3)19(14(4)25-20)24(31)32-6-2/h8-9,11,25H,5-7,10,12H2,1-4H3. The molecule has 3 rings (SSSR count). The molecule has 2 amide bonds. The number of ketones is 1. The zero-order valence-electron chi connectivity index (χ0n) is 19.1. The molecule has 174 valence electrons. The van der Waals surface area contributed by atoms with Crippen LogP contribution in [0.25, 0.3) is 0 Å². The van der Waals surface area contributed by atoms with Gasteiger partial charge in [0.15, 0.2) is 6.61 Å². The van der Waals surface area contributed by atoms with E-state index in [1.807, 2.05) is 6.92 Å². The molecule has 0 radical (unpaired) electrons. The van der Waals surface area contributed by atoms with Gasteiger partial charge in [0.1, 0.15) is 0 Å². The van der Waals surface area contributed by atoms with Crippen molar-refractivity contribution in [2.24, 2.45) is 0 Å². The first-order chi connectivity index (χ1) is 15.7. The summed E-state index contributed by atoms with van der Waals surface area (Å²) in [6, 6.07) is 4.13. The summed E-state index contributed by atoms with van der Waals surface area (Å²) in [7, 11) is 0. The van der Waals surface area contributed by atoms with Gasteiger partial charge in [-0.3, -0.25) is 19.3 Å². The minimum Gasteiger partial charge on any atom is -0.462 e. The molecule has 0 aliphatic carbocycles.